The quantitative estimate of drug-likeness (QED) is 0.311. The average molecular weight is 501 g/mol. The van der Waals surface area contributed by atoms with Crippen LogP contribution < -0.4 is 21.1 Å². The van der Waals surface area contributed by atoms with Crippen LogP contribution in [0.4, 0.5) is 11.5 Å². The third kappa shape index (κ3) is 5.18. The Labute approximate surface area is 212 Å². The maximum Gasteiger partial charge on any atom is 0.247 e. The van der Waals surface area contributed by atoms with Gasteiger partial charge in [-0.15, -0.1) is 0 Å². The van der Waals surface area contributed by atoms with Gasteiger partial charge in [-0.2, -0.15) is 0 Å². The second kappa shape index (κ2) is 10.4. The van der Waals surface area contributed by atoms with E-state index in [1.165, 1.54) is 0 Å². The van der Waals surface area contributed by atoms with Gasteiger partial charge in [-0.3, -0.25) is 9.00 Å². The van der Waals surface area contributed by atoms with Crippen LogP contribution in [0.3, 0.4) is 0 Å². The van der Waals surface area contributed by atoms with Crippen molar-refractivity contribution in [1.82, 2.24) is 10.3 Å². The Balaban J connectivity index is 1.41. The maximum absolute atomic E-state index is 13.5. The molecule has 1 aliphatic carbocycles. The first-order valence-electron chi connectivity index (χ1n) is 11.8. The first-order chi connectivity index (χ1) is 17.5. The summed E-state index contributed by atoms with van der Waals surface area (Å²) in [5.74, 6) is 0.919. The van der Waals surface area contributed by atoms with Gasteiger partial charge >= 0.3 is 0 Å². The van der Waals surface area contributed by atoms with E-state index >= 15 is 0 Å². The molecular formula is C28H28N4O3S. The zero-order chi connectivity index (χ0) is 25.1. The first kappa shape index (κ1) is 23.8. The molecule has 36 heavy (non-hydrogen) atoms. The van der Waals surface area contributed by atoms with Crippen molar-refractivity contribution in [2.45, 2.75) is 35.6 Å². The predicted molar refractivity (Wildman–Crippen MR) is 143 cm³/mol. The predicted octanol–water partition coefficient (Wildman–Crippen LogP) is 4.57. The average Bonchev–Trinajstić information content (AvgIpc) is 3.76. The molecule has 1 saturated carbocycles. The number of ether oxygens (including phenoxy) is 1. The lowest BCUT2D eigenvalue weighted by Gasteiger charge is -2.21. The first-order valence-corrected chi connectivity index (χ1v) is 13.1. The molecule has 0 saturated heterocycles. The minimum atomic E-state index is -1.05. The molecule has 1 aliphatic rings. The number of nitrogens with zero attached hydrogens (tertiary/aromatic N) is 1. The number of anilines is 2. The number of hydrogen-bond donors (Lipinski definition) is 3. The van der Waals surface area contributed by atoms with Gasteiger partial charge in [-0.05, 0) is 71.8 Å². The molecule has 4 N–H and O–H groups in total. The SMILES string of the molecule is COc1cccc(C(Nc2ccc3c(N)nccc3c2)C(=O)NCc2ccccc2S(=O)C2CC2)c1. The van der Waals surface area contributed by atoms with Gasteiger partial charge in [0.2, 0.25) is 5.91 Å². The number of aromatic nitrogens is 1. The van der Waals surface area contributed by atoms with Gasteiger partial charge in [0.15, 0.2) is 0 Å². The molecule has 3 aromatic carbocycles. The molecular weight excluding hydrogens is 472 g/mol. The van der Waals surface area contributed by atoms with Crippen LogP contribution in [0, 0.1) is 0 Å². The number of hydrogen-bond acceptors (Lipinski definition) is 6. The van der Waals surface area contributed by atoms with Gasteiger partial charge in [0.05, 0.1) is 17.9 Å². The van der Waals surface area contributed by atoms with Crippen molar-refractivity contribution in [2.75, 3.05) is 18.2 Å². The van der Waals surface area contributed by atoms with Crippen LogP contribution in [0.1, 0.15) is 30.0 Å². The van der Waals surface area contributed by atoms with Crippen LogP contribution in [0.2, 0.25) is 0 Å². The van der Waals surface area contributed by atoms with Crippen LogP contribution in [0.5, 0.6) is 5.75 Å². The van der Waals surface area contributed by atoms with E-state index in [-0.39, 0.29) is 17.7 Å². The number of carbonyl (C=O) groups excluding carboxylic acids is 1. The van der Waals surface area contributed by atoms with Crippen molar-refractivity contribution >= 4 is 39.0 Å². The number of fused-ring (bicyclic) bond motifs is 1. The summed E-state index contributed by atoms with van der Waals surface area (Å²) in [4.78, 5) is 18.5. The lowest BCUT2D eigenvalue weighted by atomic mass is 10.0. The number of rotatable bonds is 9. The molecule has 1 amide bonds. The van der Waals surface area contributed by atoms with E-state index in [4.69, 9.17) is 10.5 Å². The molecule has 2 atom stereocenters. The number of pyridine rings is 1. The molecule has 1 fully saturated rings. The van der Waals surface area contributed by atoms with E-state index < -0.39 is 16.8 Å². The summed E-state index contributed by atoms with van der Waals surface area (Å²) >= 11 is 0. The summed E-state index contributed by atoms with van der Waals surface area (Å²) in [5.41, 5.74) is 8.40. The molecule has 1 aromatic heterocycles. The van der Waals surface area contributed by atoms with Crippen LogP contribution in [0.25, 0.3) is 10.8 Å². The Bertz CT molecular complexity index is 1440. The molecule has 4 aromatic rings. The third-order valence-electron chi connectivity index (χ3n) is 6.27. The van der Waals surface area contributed by atoms with E-state index in [9.17, 15) is 9.00 Å². The summed E-state index contributed by atoms with van der Waals surface area (Å²) in [7, 11) is 0.550. The topological polar surface area (TPSA) is 106 Å². The van der Waals surface area contributed by atoms with Gasteiger partial charge in [0, 0.05) is 34.0 Å². The molecule has 7 nitrogen and oxygen atoms in total. The fourth-order valence-electron chi connectivity index (χ4n) is 4.17. The highest BCUT2D eigenvalue weighted by atomic mass is 32.2. The smallest absolute Gasteiger partial charge is 0.247 e. The molecule has 0 bridgehead atoms. The van der Waals surface area contributed by atoms with Crippen LogP contribution in [-0.4, -0.2) is 27.5 Å². The van der Waals surface area contributed by atoms with E-state index in [1.807, 2.05) is 72.8 Å². The van der Waals surface area contributed by atoms with E-state index in [2.05, 4.69) is 15.6 Å². The highest BCUT2D eigenvalue weighted by Crippen LogP contribution is 2.32. The number of carbonyl (C=O) groups is 1. The minimum Gasteiger partial charge on any atom is -0.497 e. The van der Waals surface area contributed by atoms with Crippen molar-refractivity contribution in [3.05, 3.63) is 90.1 Å². The van der Waals surface area contributed by atoms with Gasteiger partial charge in [0.25, 0.3) is 0 Å². The third-order valence-corrected chi connectivity index (χ3v) is 8.17. The molecule has 184 valence electrons. The lowest BCUT2D eigenvalue weighted by Crippen LogP contribution is -2.33. The van der Waals surface area contributed by atoms with Crippen molar-refractivity contribution < 1.29 is 13.7 Å². The number of nitrogens with two attached hydrogens (primary N) is 1. The van der Waals surface area contributed by atoms with Gasteiger partial charge < -0.3 is 21.1 Å². The molecule has 8 heteroatoms. The number of methoxy groups -OCH3 is 1. The largest absolute Gasteiger partial charge is 0.497 e. The highest BCUT2D eigenvalue weighted by Gasteiger charge is 2.30. The molecule has 1 heterocycles. The van der Waals surface area contributed by atoms with Crippen molar-refractivity contribution in [1.29, 1.82) is 0 Å². The van der Waals surface area contributed by atoms with E-state index in [0.29, 0.717) is 11.6 Å². The highest BCUT2D eigenvalue weighted by molar-refractivity contribution is 7.86. The molecule has 2 unspecified atom stereocenters. The number of nitrogens with one attached hydrogen (secondary N) is 2. The van der Waals surface area contributed by atoms with Crippen molar-refractivity contribution in [2.24, 2.45) is 0 Å². The fourth-order valence-corrected chi connectivity index (χ4v) is 5.71. The van der Waals surface area contributed by atoms with E-state index in [1.54, 1.807) is 13.3 Å². The number of benzene rings is 3. The Kier molecular flexibility index (Phi) is 6.86. The van der Waals surface area contributed by atoms with Gasteiger partial charge in [0.1, 0.15) is 17.6 Å². The molecule has 5 rings (SSSR count). The summed E-state index contributed by atoms with van der Waals surface area (Å²) in [6.45, 7) is 0.287. The zero-order valence-electron chi connectivity index (χ0n) is 19.9. The van der Waals surface area contributed by atoms with Gasteiger partial charge in [-0.25, -0.2) is 4.98 Å². The Morgan fingerprint density at radius 3 is 2.75 bits per heavy atom. The zero-order valence-corrected chi connectivity index (χ0v) is 20.8. The van der Waals surface area contributed by atoms with Crippen molar-refractivity contribution in [3.8, 4) is 5.75 Å². The second-order valence-electron chi connectivity index (χ2n) is 8.81. The van der Waals surface area contributed by atoms with E-state index in [0.717, 1.165) is 45.3 Å². The lowest BCUT2D eigenvalue weighted by molar-refractivity contribution is -0.122. The fraction of sp³-hybridized carbons (Fsp3) is 0.214. The van der Waals surface area contributed by atoms with Crippen LogP contribution >= 0.6 is 0 Å². The standard InChI is InChI=1S/C28H28N4O3S/c1-35-22-7-4-6-19(16-22)26(32-21-9-12-24-18(15-21)13-14-30-27(24)29)28(33)31-17-20-5-2-3-8-25(20)36(34)23-10-11-23/h2-9,12-16,23,26,32H,10-11,17H2,1H3,(H2,29,30)(H,31,33). The van der Waals surface area contributed by atoms with Gasteiger partial charge in [-0.1, -0.05) is 30.3 Å². The maximum atomic E-state index is 13.5. The number of nitrogen functional groups attached to an aromatic ring is 1. The monoisotopic (exact) mass is 500 g/mol. The Morgan fingerprint density at radius 1 is 1.11 bits per heavy atom. The second-order valence-corrected chi connectivity index (χ2v) is 10.5. The normalized spacial score (nSPS) is 14.7. The summed E-state index contributed by atoms with van der Waals surface area (Å²) < 4.78 is 18.2. The Hall–Kier alpha value is -3.91. The van der Waals surface area contributed by atoms with Crippen molar-refractivity contribution in [3.63, 3.8) is 0 Å². The summed E-state index contributed by atoms with van der Waals surface area (Å²) in [6.07, 6.45) is 3.64. The van der Waals surface area contributed by atoms with Crippen LogP contribution in [-0.2, 0) is 22.1 Å². The Morgan fingerprint density at radius 2 is 1.94 bits per heavy atom. The number of amides is 1. The summed E-state index contributed by atoms with van der Waals surface area (Å²) in [5, 5.41) is 8.42. The summed E-state index contributed by atoms with van der Waals surface area (Å²) in [6, 6.07) is 22.0. The van der Waals surface area contributed by atoms with Crippen LogP contribution in [0.15, 0.2) is 83.9 Å². The minimum absolute atomic E-state index is 0.204. The molecule has 0 radical (unpaired) electrons. The molecule has 0 spiro atoms. The molecule has 0 aliphatic heterocycles.